The maximum atomic E-state index is 12.4. The highest BCUT2D eigenvalue weighted by Crippen LogP contribution is 2.36. The summed E-state index contributed by atoms with van der Waals surface area (Å²) >= 11 is 0. The average molecular weight is 312 g/mol. The Hall–Kier alpha value is -2.42. The van der Waals surface area contributed by atoms with Gasteiger partial charge in [0.1, 0.15) is 10.4 Å². The Bertz CT molecular complexity index is 781. The summed E-state index contributed by atoms with van der Waals surface area (Å²) < 4.78 is 25.2. The van der Waals surface area contributed by atoms with Crippen LogP contribution in [-0.2, 0) is 14.8 Å². The van der Waals surface area contributed by atoms with Crippen LogP contribution in [0.3, 0.4) is 0 Å². The van der Waals surface area contributed by atoms with Crippen molar-refractivity contribution < 1.29 is 27.9 Å². The fraction of sp³-hybridized carbons (Fsp3) is 0.250. The number of hydrogen-bond acceptors (Lipinski definition) is 5. The van der Waals surface area contributed by atoms with Crippen LogP contribution in [0.15, 0.2) is 23.1 Å². The Morgan fingerprint density at radius 2 is 1.86 bits per heavy atom. The number of amides is 2. The second kappa shape index (κ2) is 4.29. The molecule has 0 radical (unpaired) electrons. The molecular weight excluding hydrogens is 300 g/mol. The monoisotopic (exact) mass is 312 g/mol. The molecule has 2 amide bonds. The van der Waals surface area contributed by atoms with E-state index in [-0.39, 0.29) is 11.1 Å². The van der Waals surface area contributed by atoms with Crippen LogP contribution in [-0.4, -0.2) is 41.2 Å². The zero-order chi connectivity index (χ0) is 16.2. The first kappa shape index (κ1) is 15.0. The van der Waals surface area contributed by atoms with E-state index in [1.54, 1.807) is 0 Å². The molecule has 21 heavy (non-hydrogen) atoms. The van der Waals surface area contributed by atoms with Crippen LogP contribution >= 0.6 is 0 Å². The fourth-order valence-corrected chi connectivity index (χ4v) is 3.93. The lowest BCUT2D eigenvalue weighted by atomic mass is 10.0. The topological polar surface area (TPSA) is 135 Å². The molecule has 0 unspecified atom stereocenters. The van der Waals surface area contributed by atoms with E-state index in [1.165, 1.54) is 13.8 Å². The number of rotatable bonds is 3. The predicted octanol–water partition coefficient (Wildman–Crippen LogP) is -0.207. The van der Waals surface area contributed by atoms with E-state index in [4.69, 9.17) is 10.8 Å². The van der Waals surface area contributed by atoms with Gasteiger partial charge in [0.2, 0.25) is 5.91 Å². The highest BCUT2D eigenvalue weighted by atomic mass is 32.2. The van der Waals surface area contributed by atoms with E-state index in [2.05, 4.69) is 0 Å². The van der Waals surface area contributed by atoms with Crippen LogP contribution in [0.25, 0.3) is 0 Å². The van der Waals surface area contributed by atoms with Gasteiger partial charge in [-0.25, -0.2) is 17.5 Å². The molecule has 9 heteroatoms. The molecule has 0 bridgehead atoms. The van der Waals surface area contributed by atoms with Gasteiger partial charge in [-0.1, -0.05) is 0 Å². The summed E-state index contributed by atoms with van der Waals surface area (Å²) in [6.07, 6.45) is 0. The van der Waals surface area contributed by atoms with Crippen molar-refractivity contribution in [2.75, 3.05) is 0 Å². The van der Waals surface area contributed by atoms with Crippen LogP contribution in [0.2, 0.25) is 0 Å². The van der Waals surface area contributed by atoms with Crippen molar-refractivity contribution in [3.63, 3.8) is 0 Å². The Labute approximate surface area is 120 Å². The third-order valence-corrected chi connectivity index (χ3v) is 5.27. The van der Waals surface area contributed by atoms with Crippen LogP contribution in [0, 0.1) is 0 Å². The lowest BCUT2D eigenvalue weighted by molar-refractivity contribution is -0.125. The van der Waals surface area contributed by atoms with E-state index < -0.39 is 38.2 Å². The van der Waals surface area contributed by atoms with Gasteiger partial charge in [0.25, 0.3) is 15.9 Å². The van der Waals surface area contributed by atoms with Crippen molar-refractivity contribution in [3.05, 3.63) is 29.3 Å². The zero-order valence-corrected chi connectivity index (χ0v) is 12.0. The summed E-state index contributed by atoms with van der Waals surface area (Å²) in [5, 5.41) is 8.90. The van der Waals surface area contributed by atoms with Gasteiger partial charge in [0, 0.05) is 0 Å². The number of benzene rings is 1. The van der Waals surface area contributed by atoms with Gasteiger partial charge in [0.15, 0.2) is 0 Å². The SMILES string of the molecule is CC(C)(C(N)=O)N1C(=O)c2ccc(C(=O)O)cc2S1(=O)=O. The largest absolute Gasteiger partial charge is 0.478 e. The van der Waals surface area contributed by atoms with Crippen LogP contribution in [0.5, 0.6) is 0 Å². The van der Waals surface area contributed by atoms with E-state index in [9.17, 15) is 22.8 Å². The van der Waals surface area contributed by atoms with Gasteiger partial charge in [-0.3, -0.25) is 9.59 Å². The standard InChI is InChI=1S/C12H12N2O6S/c1-12(2,11(13)18)14-9(15)7-4-3-6(10(16)17)5-8(7)21(14,19)20/h3-5H,1-2H3,(H2,13,18)(H,16,17). The number of hydrogen-bond donors (Lipinski definition) is 2. The molecule has 112 valence electrons. The third kappa shape index (κ3) is 1.97. The smallest absolute Gasteiger partial charge is 0.335 e. The van der Waals surface area contributed by atoms with Crippen molar-refractivity contribution >= 4 is 27.8 Å². The number of nitrogens with two attached hydrogens (primary N) is 1. The summed E-state index contributed by atoms with van der Waals surface area (Å²) in [6.45, 7) is 2.41. The van der Waals surface area contributed by atoms with E-state index >= 15 is 0 Å². The molecule has 1 aromatic carbocycles. The molecule has 8 nitrogen and oxygen atoms in total. The maximum absolute atomic E-state index is 12.4. The molecule has 0 saturated heterocycles. The third-order valence-electron chi connectivity index (χ3n) is 3.27. The molecule has 0 fully saturated rings. The Balaban J connectivity index is 2.71. The number of nitrogens with zero attached hydrogens (tertiary/aromatic N) is 1. The fourth-order valence-electron chi connectivity index (χ4n) is 2.02. The molecule has 0 aliphatic carbocycles. The Morgan fingerprint density at radius 1 is 1.29 bits per heavy atom. The number of aromatic carboxylic acids is 1. The van der Waals surface area contributed by atoms with Crippen molar-refractivity contribution in [3.8, 4) is 0 Å². The summed E-state index contributed by atoms with van der Waals surface area (Å²) in [6, 6.07) is 3.12. The minimum atomic E-state index is -4.33. The highest BCUT2D eigenvalue weighted by Gasteiger charge is 2.51. The number of primary amides is 1. The summed E-state index contributed by atoms with van der Waals surface area (Å²) in [5.74, 6) is -3.23. The first-order chi connectivity index (χ1) is 9.51. The average Bonchev–Trinajstić information content (AvgIpc) is 2.56. The van der Waals surface area contributed by atoms with Crippen LogP contribution in [0.1, 0.15) is 34.6 Å². The van der Waals surface area contributed by atoms with Crippen molar-refractivity contribution in [2.45, 2.75) is 24.3 Å². The number of carboxylic acids is 1. The van der Waals surface area contributed by atoms with Crippen molar-refractivity contribution in [1.82, 2.24) is 4.31 Å². The normalized spacial score (nSPS) is 16.7. The number of carbonyl (C=O) groups is 3. The molecule has 1 aliphatic heterocycles. The van der Waals surface area contributed by atoms with Crippen molar-refractivity contribution in [1.29, 1.82) is 0 Å². The second-order valence-electron chi connectivity index (χ2n) is 5.01. The molecule has 0 atom stereocenters. The lowest BCUT2D eigenvalue weighted by Crippen LogP contribution is -2.55. The second-order valence-corrected chi connectivity index (χ2v) is 6.77. The molecule has 0 saturated carbocycles. The van der Waals surface area contributed by atoms with Crippen LogP contribution < -0.4 is 5.73 Å². The molecule has 0 spiro atoms. The number of sulfonamides is 1. The Morgan fingerprint density at radius 3 is 2.33 bits per heavy atom. The quantitative estimate of drug-likeness (QED) is 0.793. The summed E-state index contributed by atoms with van der Waals surface area (Å²) in [4.78, 5) is 34.1. The molecule has 1 aromatic rings. The number of fused-ring (bicyclic) bond motifs is 1. The maximum Gasteiger partial charge on any atom is 0.335 e. The van der Waals surface area contributed by atoms with Crippen LogP contribution in [0.4, 0.5) is 0 Å². The van der Waals surface area contributed by atoms with Crippen molar-refractivity contribution in [2.24, 2.45) is 5.73 Å². The van der Waals surface area contributed by atoms with Gasteiger partial charge in [0.05, 0.1) is 11.1 Å². The minimum absolute atomic E-state index is 0.186. The van der Waals surface area contributed by atoms with E-state index in [0.29, 0.717) is 4.31 Å². The first-order valence-electron chi connectivity index (χ1n) is 5.78. The number of carboxylic acid groups (broad SMARTS) is 1. The van der Waals surface area contributed by atoms with Gasteiger partial charge >= 0.3 is 5.97 Å². The van der Waals surface area contributed by atoms with E-state index in [1.807, 2.05) is 0 Å². The summed E-state index contributed by atoms with van der Waals surface area (Å²) in [5.41, 5.74) is 2.93. The lowest BCUT2D eigenvalue weighted by Gasteiger charge is -2.30. The molecule has 0 aromatic heterocycles. The molecular formula is C12H12N2O6S. The molecule has 1 aliphatic rings. The Kier molecular flexibility index (Phi) is 3.06. The minimum Gasteiger partial charge on any atom is -0.478 e. The van der Waals surface area contributed by atoms with Gasteiger partial charge in [-0.05, 0) is 32.0 Å². The molecule has 2 rings (SSSR count). The van der Waals surface area contributed by atoms with Gasteiger partial charge in [-0.2, -0.15) is 0 Å². The molecule has 3 N–H and O–H groups in total. The first-order valence-corrected chi connectivity index (χ1v) is 7.22. The van der Waals surface area contributed by atoms with Gasteiger partial charge < -0.3 is 10.8 Å². The zero-order valence-electron chi connectivity index (χ0n) is 11.2. The summed E-state index contributed by atoms with van der Waals surface area (Å²) in [7, 11) is -4.33. The number of carbonyl (C=O) groups excluding carboxylic acids is 2. The molecule has 1 heterocycles. The van der Waals surface area contributed by atoms with E-state index in [0.717, 1.165) is 18.2 Å². The predicted molar refractivity (Wildman–Crippen MR) is 70.0 cm³/mol. The highest BCUT2D eigenvalue weighted by molar-refractivity contribution is 7.90. The van der Waals surface area contributed by atoms with Gasteiger partial charge in [-0.15, -0.1) is 0 Å².